The highest BCUT2D eigenvalue weighted by atomic mass is 32.2. The molecule has 1 aliphatic carbocycles. The van der Waals surface area contributed by atoms with Crippen LogP contribution in [0.15, 0.2) is 12.7 Å². The predicted molar refractivity (Wildman–Crippen MR) is 86.5 cm³/mol. The van der Waals surface area contributed by atoms with Crippen LogP contribution in [-0.2, 0) is 0 Å². The molecule has 1 aliphatic rings. The van der Waals surface area contributed by atoms with Gasteiger partial charge in [0.2, 0.25) is 0 Å². The van der Waals surface area contributed by atoms with Gasteiger partial charge in [0.25, 0.3) is 0 Å². The molecule has 22 heavy (non-hydrogen) atoms. The lowest BCUT2D eigenvalue weighted by Gasteiger charge is -2.18. The van der Waals surface area contributed by atoms with Crippen LogP contribution in [0.25, 0.3) is 11.2 Å². The van der Waals surface area contributed by atoms with Crippen molar-refractivity contribution in [1.82, 2.24) is 19.5 Å². The highest BCUT2D eigenvalue weighted by Gasteiger charge is 2.43. The van der Waals surface area contributed by atoms with E-state index in [-0.39, 0.29) is 11.3 Å². The summed E-state index contributed by atoms with van der Waals surface area (Å²) in [6, 6.07) is -0.251. The van der Waals surface area contributed by atoms with Crippen LogP contribution in [0.1, 0.15) is 26.3 Å². The largest absolute Gasteiger partial charge is 0.389 e. The van der Waals surface area contributed by atoms with Crippen LogP contribution in [0.5, 0.6) is 0 Å². The SMILES string of the molecule is CC(C)CS[C@H]1C[C@@H](n2cnc3c(N)ncnc32)[C@H](O)[C@@H]1O. The molecule has 0 radical (unpaired) electrons. The molecule has 3 rings (SSSR count). The molecular weight excluding hydrogens is 302 g/mol. The van der Waals surface area contributed by atoms with Crippen molar-refractivity contribution in [3.8, 4) is 0 Å². The van der Waals surface area contributed by atoms with Crippen LogP contribution in [0, 0.1) is 5.92 Å². The summed E-state index contributed by atoms with van der Waals surface area (Å²) in [5.41, 5.74) is 6.92. The summed E-state index contributed by atoms with van der Waals surface area (Å²) in [6.45, 7) is 4.29. The molecule has 0 unspecified atom stereocenters. The lowest BCUT2D eigenvalue weighted by molar-refractivity contribution is 0.0259. The molecular formula is C14H21N5O2S. The number of anilines is 1. The molecule has 0 aliphatic heterocycles. The Morgan fingerprint density at radius 1 is 1.32 bits per heavy atom. The third kappa shape index (κ3) is 2.66. The normalized spacial score (nSPS) is 28.8. The van der Waals surface area contributed by atoms with E-state index >= 15 is 0 Å². The summed E-state index contributed by atoms with van der Waals surface area (Å²) in [7, 11) is 0. The van der Waals surface area contributed by atoms with Crippen molar-refractivity contribution in [3.05, 3.63) is 12.7 Å². The van der Waals surface area contributed by atoms with Gasteiger partial charge in [0.1, 0.15) is 17.9 Å². The fourth-order valence-electron chi connectivity index (χ4n) is 2.84. The van der Waals surface area contributed by atoms with Gasteiger partial charge in [-0.3, -0.25) is 0 Å². The average molecular weight is 323 g/mol. The van der Waals surface area contributed by atoms with E-state index in [9.17, 15) is 10.2 Å². The number of imidazole rings is 1. The van der Waals surface area contributed by atoms with Crippen molar-refractivity contribution in [2.24, 2.45) is 5.92 Å². The fraction of sp³-hybridized carbons (Fsp3) is 0.643. The predicted octanol–water partition coefficient (Wildman–Crippen LogP) is 0.833. The first-order chi connectivity index (χ1) is 10.5. The first kappa shape index (κ1) is 15.5. The third-order valence-corrected chi connectivity index (χ3v) is 5.75. The molecule has 2 aromatic heterocycles. The van der Waals surface area contributed by atoms with E-state index in [1.165, 1.54) is 6.33 Å². The Labute approximate surface area is 133 Å². The first-order valence-corrected chi connectivity index (χ1v) is 8.44. The van der Waals surface area contributed by atoms with Gasteiger partial charge in [0.15, 0.2) is 11.5 Å². The van der Waals surface area contributed by atoms with Crippen LogP contribution in [0.2, 0.25) is 0 Å². The summed E-state index contributed by atoms with van der Waals surface area (Å²) < 4.78 is 1.80. The Hall–Kier alpha value is -1.38. The summed E-state index contributed by atoms with van der Waals surface area (Å²) >= 11 is 1.71. The summed E-state index contributed by atoms with van der Waals surface area (Å²) in [6.07, 6.45) is 2.10. The monoisotopic (exact) mass is 323 g/mol. The van der Waals surface area contributed by atoms with Crippen LogP contribution in [-0.4, -0.2) is 52.9 Å². The number of nitrogen functional groups attached to an aromatic ring is 1. The van der Waals surface area contributed by atoms with Gasteiger partial charge in [-0.15, -0.1) is 0 Å². The van der Waals surface area contributed by atoms with E-state index in [2.05, 4.69) is 28.8 Å². The van der Waals surface area contributed by atoms with Crippen molar-refractivity contribution in [1.29, 1.82) is 0 Å². The van der Waals surface area contributed by atoms with E-state index in [0.717, 1.165) is 5.75 Å². The summed E-state index contributed by atoms with van der Waals surface area (Å²) in [5, 5.41) is 20.7. The van der Waals surface area contributed by atoms with Gasteiger partial charge in [0.05, 0.1) is 18.5 Å². The molecule has 0 saturated heterocycles. The third-order valence-electron chi connectivity index (χ3n) is 3.99. The average Bonchev–Trinajstić information content (AvgIpc) is 3.01. The van der Waals surface area contributed by atoms with Crippen LogP contribution in [0.4, 0.5) is 5.82 Å². The van der Waals surface area contributed by atoms with Gasteiger partial charge in [-0.2, -0.15) is 11.8 Å². The number of rotatable bonds is 4. The topological polar surface area (TPSA) is 110 Å². The van der Waals surface area contributed by atoms with Crippen molar-refractivity contribution < 1.29 is 10.2 Å². The van der Waals surface area contributed by atoms with Crippen molar-refractivity contribution in [3.63, 3.8) is 0 Å². The second-order valence-electron chi connectivity index (χ2n) is 6.13. The Morgan fingerprint density at radius 3 is 2.82 bits per heavy atom. The Morgan fingerprint density at radius 2 is 2.09 bits per heavy atom. The molecule has 2 aromatic rings. The number of thioether (sulfide) groups is 1. The van der Waals surface area contributed by atoms with Gasteiger partial charge in [0, 0.05) is 5.25 Å². The molecule has 2 heterocycles. The van der Waals surface area contributed by atoms with Crippen LogP contribution >= 0.6 is 11.8 Å². The number of hydrogen-bond acceptors (Lipinski definition) is 7. The maximum absolute atomic E-state index is 10.4. The zero-order valence-corrected chi connectivity index (χ0v) is 13.4. The van der Waals surface area contributed by atoms with Crippen LogP contribution < -0.4 is 5.73 Å². The molecule has 0 bridgehead atoms. The fourth-order valence-corrected chi connectivity index (χ4v) is 4.16. The first-order valence-electron chi connectivity index (χ1n) is 7.39. The minimum Gasteiger partial charge on any atom is -0.389 e. The molecule has 8 heteroatoms. The molecule has 0 aromatic carbocycles. The Kier molecular flexibility index (Phi) is 4.24. The standard InChI is InChI=1S/C14H21N5O2S/c1-7(2)4-22-9-3-8(11(20)12(9)21)19-6-18-10-13(15)16-5-17-14(10)19/h5-9,11-12,20-21H,3-4H2,1-2H3,(H2,15,16,17)/t8-,9+,11+,12-/m1/s1. The van der Waals surface area contributed by atoms with Crippen molar-refractivity contribution in [2.45, 2.75) is 43.8 Å². The lowest BCUT2D eigenvalue weighted by Crippen LogP contribution is -2.30. The maximum Gasteiger partial charge on any atom is 0.165 e. The van der Waals surface area contributed by atoms with E-state index in [1.54, 1.807) is 22.7 Å². The molecule has 0 amide bonds. The summed E-state index contributed by atoms with van der Waals surface area (Å²) in [4.78, 5) is 12.4. The summed E-state index contributed by atoms with van der Waals surface area (Å²) in [5.74, 6) is 1.83. The quantitative estimate of drug-likeness (QED) is 0.764. The number of fused-ring (bicyclic) bond motifs is 1. The van der Waals surface area contributed by atoms with Gasteiger partial charge in [-0.1, -0.05) is 13.8 Å². The maximum atomic E-state index is 10.4. The van der Waals surface area contributed by atoms with Gasteiger partial charge >= 0.3 is 0 Å². The molecule has 1 saturated carbocycles. The second-order valence-corrected chi connectivity index (χ2v) is 7.40. The second kappa shape index (κ2) is 6.02. The number of nitrogens with zero attached hydrogens (tertiary/aromatic N) is 4. The Balaban J connectivity index is 1.86. The highest BCUT2D eigenvalue weighted by molar-refractivity contribution is 7.99. The molecule has 120 valence electrons. The van der Waals surface area contributed by atoms with Crippen molar-refractivity contribution >= 4 is 28.7 Å². The minimum absolute atomic E-state index is 0.0130. The van der Waals surface area contributed by atoms with Crippen molar-refractivity contribution in [2.75, 3.05) is 11.5 Å². The zero-order chi connectivity index (χ0) is 15.9. The number of aliphatic hydroxyl groups is 2. The zero-order valence-electron chi connectivity index (χ0n) is 12.6. The van der Waals surface area contributed by atoms with Gasteiger partial charge < -0.3 is 20.5 Å². The number of aliphatic hydroxyl groups excluding tert-OH is 2. The molecule has 1 fully saturated rings. The minimum atomic E-state index is -0.835. The highest BCUT2D eigenvalue weighted by Crippen LogP contribution is 2.39. The van der Waals surface area contributed by atoms with Gasteiger partial charge in [-0.05, 0) is 18.1 Å². The lowest BCUT2D eigenvalue weighted by atomic mass is 10.2. The van der Waals surface area contributed by atoms with Crippen LogP contribution in [0.3, 0.4) is 0 Å². The molecule has 7 nitrogen and oxygen atoms in total. The van der Waals surface area contributed by atoms with E-state index in [4.69, 9.17) is 5.73 Å². The molecule has 4 atom stereocenters. The van der Waals surface area contributed by atoms with E-state index < -0.39 is 12.2 Å². The number of aromatic nitrogens is 4. The smallest absolute Gasteiger partial charge is 0.165 e. The molecule has 0 spiro atoms. The van der Waals surface area contributed by atoms with E-state index in [0.29, 0.717) is 29.3 Å². The van der Waals surface area contributed by atoms with E-state index in [1.807, 2.05) is 0 Å². The Bertz CT molecular complexity index is 662. The molecule has 4 N–H and O–H groups in total. The number of nitrogens with two attached hydrogens (primary N) is 1. The number of hydrogen-bond donors (Lipinski definition) is 3. The van der Waals surface area contributed by atoms with Gasteiger partial charge in [-0.25, -0.2) is 15.0 Å².